The van der Waals surface area contributed by atoms with E-state index in [1.54, 1.807) is 11.8 Å². The summed E-state index contributed by atoms with van der Waals surface area (Å²) in [5.41, 5.74) is -0.242. The normalized spacial score (nSPS) is 11.5. The van der Waals surface area contributed by atoms with Crippen LogP contribution in [0.3, 0.4) is 0 Å². The molecule has 0 bridgehead atoms. The van der Waals surface area contributed by atoms with E-state index in [1.807, 2.05) is 45.0 Å². The van der Waals surface area contributed by atoms with Crippen molar-refractivity contribution in [2.45, 2.75) is 25.7 Å². The van der Waals surface area contributed by atoms with E-state index < -0.39 is 0 Å². The first kappa shape index (κ1) is 12.8. The quantitative estimate of drug-likeness (QED) is 0.777. The maximum atomic E-state index is 11.7. The van der Waals surface area contributed by atoms with E-state index in [-0.39, 0.29) is 11.2 Å². The standard InChI is InChI=1S/C12H15BrOS/c1-12(2,3)11(14)8-15-10-7-5-4-6-9(10)13/h4-7H,8H2,1-3H3. The summed E-state index contributed by atoms with van der Waals surface area (Å²) >= 11 is 5.05. The molecule has 0 radical (unpaired) electrons. The largest absolute Gasteiger partial charge is 0.298 e. The van der Waals surface area contributed by atoms with Crippen LogP contribution in [0, 0.1) is 5.41 Å². The predicted molar refractivity (Wildman–Crippen MR) is 69.3 cm³/mol. The highest BCUT2D eigenvalue weighted by Gasteiger charge is 2.20. The van der Waals surface area contributed by atoms with Gasteiger partial charge in [-0.15, -0.1) is 11.8 Å². The van der Waals surface area contributed by atoms with Gasteiger partial charge in [-0.3, -0.25) is 4.79 Å². The van der Waals surface area contributed by atoms with E-state index in [2.05, 4.69) is 15.9 Å². The van der Waals surface area contributed by atoms with Crippen LogP contribution in [-0.2, 0) is 4.79 Å². The van der Waals surface area contributed by atoms with Crippen LogP contribution in [-0.4, -0.2) is 11.5 Å². The van der Waals surface area contributed by atoms with Crippen molar-refractivity contribution in [3.05, 3.63) is 28.7 Å². The first-order valence-electron chi connectivity index (χ1n) is 4.82. The van der Waals surface area contributed by atoms with Crippen LogP contribution in [0.15, 0.2) is 33.6 Å². The Morgan fingerprint density at radius 2 is 1.93 bits per heavy atom. The van der Waals surface area contributed by atoms with E-state index in [4.69, 9.17) is 0 Å². The number of ketones is 1. The van der Waals surface area contributed by atoms with Gasteiger partial charge in [0.25, 0.3) is 0 Å². The number of thioether (sulfide) groups is 1. The minimum atomic E-state index is -0.242. The zero-order chi connectivity index (χ0) is 11.5. The van der Waals surface area contributed by atoms with Crippen molar-refractivity contribution in [3.63, 3.8) is 0 Å². The number of carbonyl (C=O) groups excluding carboxylic acids is 1. The maximum Gasteiger partial charge on any atom is 0.148 e. The van der Waals surface area contributed by atoms with Crippen molar-refractivity contribution in [1.82, 2.24) is 0 Å². The van der Waals surface area contributed by atoms with Crippen LogP contribution in [0.25, 0.3) is 0 Å². The van der Waals surface area contributed by atoms with Gasteiger partial charge in [-0.1, -0.05) is 32.9 Å². The Morgan fingerprint density at radius 3 is 2.47 bits per heavy atom. The zero-order valence-electron chi connectivity index (χ0n) is 9.21. The first-order valence-corrected chi connectivity index (χ1v) is 6.60. The highest BCUT2D eigenvalue weighted by molar-refractivity contribution is 9.10. The lowest BCUT2D eigenvalue weighted by molar-refractivity contribution is -0.123. The van der Waals surface area contributed by atoms with Crippen molar-refractivity contribution in [2.24, 2.45) is 5.41 Å². The minimum Gasteiger partial charge on any atom is -0.298 e. The summed E-state index contributed by atoms with van der Waals surface area (Å²) in [5.74, 6) is 0.815. The third-order valence-electron chi connectivity index (χ3n) is 2.03. The van der Waals surface area contributed by atoms with Crippen molar-refractivity contribution < 1.29 is 4.79 Å². The molecule has 0 saturated heterocycles. The number of carbonyl (C=O) groups is 1. The second kappa shape index (κ2) is 5.17. The summed E-state index contributed by atoms with van der Waals surface area (Å²) in [6, 6.07) is 7.96. The molecule has 0 saturated carbocycles. The van der Waals surface area contributed by atoms with Gasteiger partial charge in [-0.2, -0.15) is 0 Å². The Kier molecular flexibility index (Phi) is 4.41. The zero-order valence-corrected chi connectivity index (χ0v) is 11.6. The Balaban J connectivity index is 2.59. The summed E-state index contributed by atoms with van der Waals surface area (Å²) < 4.78 is 1.05. The molecule has 0 heterocycles. The summed E-state index contributed by atoms with van der Waals surface area (Å²) in [5, 5.41) is 0. The summed E-state index contributed by atoms with van der Waals surface area (Å²) in [6.45, 7) is 5.86. The minimum absolute atomic E-state index is 0.242. The summed E-state index contributed by atoms with van der Waals surface area (Å²) in [4.78, 5) is 12.8. The Hall–Kier alpha value is -0.280. The van der Waals surface area contributed by atoms with E-state index in [9.17, 15) is 4.79 Å². The molecule has 0 aliphatic rings. The number of hydrogen-bond acceptors (Lipinski definition) is 2. The molecule has 0 unspecified atom stereocenters. The van der Waals surface area contributed by atoms with Crippen molar-refractivity contribution in [1.29, 1.82) is 0 Å². The lowest BCUT2D eigenvalue weighted by Crippen LogP contribution is -2.21. The predicted octanol–water partition coefficient (Wildman–Crippen LogP) is 4.16. The van der Waals surface area contributed by atoms with Gasteiger partial charge >= 0.3 is 0 Å². The van der Waals surface area contributed by atoms with Gasteiger partial charge in [0.15, 0.2) is 0 Å². The fourth-order valence-corrected chi connectivity index (χ4v) is 2.65. The number of Topliss-reactive ketones (excluding diaryl/α,β-unsaturated/α-hetero) is 1. The van der Waals surface area contributed by atoms with Gasteiger partial charge in [0, 0.05) is 14.8 Å². The fraction of sp³-hybridized carbons (Fsp3) is 0.417. The molecular weight excluding hydrogens is 272 g/mol. The average molecular weight is 287 g/mol. The van der Waals surface area contributed by atoms with E-state index in [1.165, 1.54) is 0 Å². The summed E-state index contributed by atoms with van der Waals surface area (Å²) in [7, 11) is 0. The van der Waals surface area contributed by atoms with Gasteiger partial charge in [-0.05, 0) is 28.1 Å². The Bertz CT molecular complexity index is 355. The lowest BCUT2D eigenvalue weighted by atomic mass is 9.92. The first-order chi connectivity index (χ1) is 6.91. The van der Waals surface area contributed by atoms with Gasteiger partial charge in [0.1, 0.15) is 5.78 Å². The van der Waals surface area contributed by atoms with Crippen LogP contribution < -0.4 is 0 Å². The van der Waals surface area contributed by atoms with Crippen LogP contribution >= 0.6 is 27.7 Å². The maximum absolute atomic E-state index is 11.7. The molecule has 0 aromatic heterocycles. The van der Waals surface area contributed by atoms with Crippen LogP contribution in [0.1, 0.15) is 20.8 Å². The fourth-order valence-electron chi connectivity index (χ4n) is 0.922. The molecular formula is C12H15BrOS. The lowest BCUT2D eigenvalue weighted by Gasteiger charge is -2.16. The number of hydrogen-bond donors (Lipinski definition) is 0. The Labute approximate surface area is 104 Å². The van der Waals surface area contributed by atoms with Gasteiger partial charge in [0.2, 0.25) is 0 Å². The molecule has 0 aliphatic heterocycles. The monoisotopic (exact) mass is 286 g/mol. The molecule has 1 aromatic carbocycles. The smallest absolute Gasteiger partial charge is 0.148 e. The number of benzene rings is 1. The highest BCUT2D eigenvalue weighted by atomic mass is 79.9. The van der Waals surface area contributed by atoms with E-state index >= 15 is 0 Å². The molecule has 0 N–H and O–H groups in total. The topological polar surface area (TPSA) is 17.1 Å². The van der Waals surface area contributed by atoms with Crippen molar-refractivity contribution in [2.75, 3.05) is 5.75 Å². The van der Waals surface area contributed by atoms with Crippen molar-refractivity contribution >= 4 is 33.5 Å². The summed E-state index contributed by atoms with van der Waals surface area (Å²) in [6.07, 6.45) is 0. The Morgan fingerprint density at radius 1 is 1.33 bits per heavy atom. The third-order valence-corrected chi connectivity index (χ3v) is 4.06. The van der Waals surface area contributed by atoms with Crippen LogP contribution in [0.5, 0.6) is 0 Å². The molecule has 0 amide bonds. The molecule has 15 heavy (non-hydrogen) atoms. The molecule has 82 valence electrons. The average Bonchev–Trinajstić information content (AvgIpc) is 2.14. The van der Waals surface area contributed by atoms with Crippen LogP contribution in [0.2, 0.25) is 0 Å². The molecule has 0 aliphatic carbocycles. The molecule has 1 aromatic rings. The van der Waals surface area contributed by atoms with E-state index in [0.29, 0.717) is 5.75 Å². The molecule has 1 nitrogen and oxygen atoms in total. The van der Waals surface area contributed by atoms with Crippen LogP contribution in [0.4, 0.5) is 0 Å². The SMILES string of the molecule is CC(C)(C)C(=O)CSc1ccccc1Br. The van der Waals surface area contributed by atoms with E-state index in [0.717, 1.165) is 9.37 Å². The molecule has 0 fully saturated rings. The number of rotatable bonds is 3. The van der Waals surface area contributed by atoms with Gasteiger partial charge in [-0.25, -0.2) is 0 Å². The number of halogens is 1. The third kappa shape index (κ3) is 3.99. The second-order valence-electron chi connectivity index (χ2n) is 4.39. The molecule has 0 spiro atoms. The van der Waals surface area contributed by atoms with Gasteiger partial charge < -0.3 is 0 Å². The van der Waals surface area contributed by atoms with Gasteiger partial charge in [0.05, 0.1) is 5.75 Å². The molecule has 0 atom stereocenters. The highest BCUT2D eigenvalue weighted by Crippen LogP contribution is 2.28. The second-order valence-corrected chi connectivity index (χ2v) is 6.26. The molecule has 1 rings (SSSR count). The van der Waals surface area contributed by atoms with Crippen molar-refractivity contribution in [3.8, 4) is 0 Å². The molecule has 3 heteroatoms.